The smallest absolute Gasteiger partial charge is 0.254 e. The van der Waals surface area contributed by atoms with Crippen LogP contribution in [0.25, 0.3) is 0 Å². The fourth-order valence-corrected chi connectivity index (χ4v) is 3.53. The van der Waals surface area contributed by atoms with Crippen LogP contribution >= 0.6 is 0 Å². The molecule has 1 saturated heterocycles. The van der Waals surface area contributed by atoms with Crippen molar-refractivity contribution in [1.82, 2.24) is 4.90 Å². The lowest BCUT2D eigenvalue weighted by molar-refractivity contribution is -0.121. The number of ether oxygens (including phenoxy) is 2. The first-order valence-electron chi connectivity index (χ1n) is 8.48. The van der Waals surface area contributed by atoms with Crippen LogP contribution in [-0.4, -0.2) is 48.6 Å². The number of nitrogens with two attached hydrogens (primary N) is 1. The first-order chi connectivity index (χ1) is 11.6. The third kappa shape index (κ3) is 3.53. The van der Waals surface area contributed by atoms with Gasteiger partial charge in [0.05, 0.1) is 12.2 Å². The Kier molecular flexibility index (Phi) is 5.04. The number of benzene rings is 1. The highest BCUT2D eigenvalue weighted by Crippen LogP contribution is 2.26. The van der Waals surface area contributed by atoms with Crippen molar-refractivity contribution in [3.8, 4) is 5.75 Å². The van der Waals surface area contributed by atoms with Crippen molar-refractivity contribution in [3.05, 3.63) is 29.8 Å². The maximum Gasteiger partial charge on any atom is 0.254 e. The van der Waals surface area contributed by atoms with E-state index in [9.17, 15) is 9.59 Å². The summed E-state index contributed by atoms with van der Waals surface area (Å²) in [5.41, 5.74) is 5.95. The first-order valence-corrected chi connectivity index (χ1v) is 8.48. The van der Waals surface area contributed by atoms with E-state index >= 15 is 0 Å². The quantitative estimate of drug-likeness (QED) is 0.890. The van der Waals surface area contributed by atoms with Gasteiger partial charge < -0.3 is 20.1 Å². The molecule has 2 fully saturated rings. The molecule has 1 aliphatic heterocycles. The van der Waals surface area contributed by atoms with Crippen LogP contribution in [-0.2, 0) is 9.53 Å². The summed E-state index contributed by atoms with van der Waals surface area (Å²) in [6.45, 7) is 0.372. The van der Waals surface area contributed by atoms with Crippen molar-refractivity contribution in [2.45, 2.75) is 50.4 Å². The van der Waals surface area contributed by atoms with Crippen LogP contribution in [0.5, 0.6) is 5.75 Å². The summed E-state index contributed by atoms with van der Waals surface area (Å²) in [7, 11) is 1.58. The zero-order valence-corrected chi connectivity index (χ0v) is 13.9. The highest BCUT2D eigenvalue weighted by molar-refractivity contribution is 5.98. The van der Waals surface area contributed by atoms with Gasteiger partial charge in [0, 0.05) is 25.6 Å². The molecule has 1 aromatic rings. The first kappa shape index (κ1) is 16.8. The number of methoxy groups -OCH3 is 1. The van der Waals surface area contributed by atoms with Gasteiger partial charge in [-0.1, -0.05) is 6.07 Å². The van der Waals surface area contributed by atoms with Crippen molar-refractivity contribution in [1.29, 1.82) is 0 Å². The molecule has 1 aromatic carbocycles. The lowest BCUT2D eigenvalue weighted by Gasteiger charge is -2.22. The fourth-order valence-electron chi connectivity index (χ4n) is 3.53. The third-order valence-electron chi connectivity index (χ3n) is 4.87. The number of carbonyl (C=O) groups is 2. The zero-order valence-electron chi connectivity index (χ0n) is 13.9. The molecule has 1 heterocycles. The van der Waals surface area contributed by atoms with Gasteiger partial charge >= 0.3 is 0 Å². The van der Waals surface area contributed by atoms with Crippen LogP contribution in [0.2, 0.25) is 0 Å². The van der Waals surface area contributed by atoms with E-state index in [-0.39, 0.29) is 18.1 Å². The SMILES string of the molecule is CO[C@H]1C[C@@H](C(N)=O)N(C(=O)c2cccc(OC3CCCC3)c2)C1. The van der Waals surface area contributed by atoms with Gasteiger partial charge in [-0.2, -0.15) is 0 Å². The van der Waals surface area contributed by atoms with Gasteiger partial charge in [-0.3, -0.25) is 9.59 Å². The number of nitrogens with zero attached hydrogens (tertiary/aromatic N) is 1. The summed E-state index contributed by atoms with van der Waals surface area (Å²) in [4.78, 5) is 26.0. The standard InChI is InChI=1S/C18H24N2O4/c1-23-15-10-16(17(19)21)20(11-15)18(22)12-5-4-8-14(9-12)24-13-6-2-3-7-13/h4-5,8-9,13,15-16H,2-3,6-7,10-11H2,1H3,(H2,19,21)/t15-,16-/m0/s1. The number of primary amides is 1. The number of hydrogen-bond acceptors (Lipinski definition) is 4. The third-order valence-corrected chi connectivity index (χ3v) is 4.87. The van der Waals surface area contributed by atoms with E-state index in [1.54, 1.807) is 25.3 Å². The predicted octanol–water partition coefficient (Wildman–Crippen LogP) is 1.72. The Balaban J connectivity index is 1.75. The minimum atomic E-state index is -0.623. The lowest BCUT2D eigenvalue weighted by atomic mass is 10.1. The highest BCUT2D eigenvalue weighted by Gasteiger charge is 2.39. The van der Waals surface area contributed by atoms with Gasteiger partial charge in [-0.05, 0) is 43.9 Å². The van der Waals surface area contributed by atoms with E-state index in [0.717, 1.165) is 12.8 Å². The van der Waals surface area contributed by atoms with E-state index in [0.29, 0.717) is 24.3 Å². The molecule has 0 bridgehead atoms. The van der Waals surface area contributed by atoms with Crippen molar-refractivity contribution >= 4 is 11.8 Å². The van der Waals surface area contributed by atoms with E-state index in [1.165, 1.54) is 17.7 Å². The zero-order chi connectivity index (χ0) is 17.1. The van der Waals surface area contributed by atoms with Crippen LogP contribution in [0.4, 0.5) is 0 Å². The molecule has 0 spiro atoms. The molecule has 1 saturated carbocycles. The second-order valence-corrected chi connectivity index (χ2v) is 6.52. The number of hydrogen-bond donors (Lipinski definition) is 1. The molecule has 6 heteroatoms. The van der Waals surface area contributed by atoms with Crippen LogP contribution < -0.4 is 10.5 Å². The molecule has 2 amide bonds. The average molecular weight is 332 g/mol. The summed E-state index contributed by atoms with van der Waals surface area (Å²) in [6, 6.07) is 6.53. The maximum absolute atomic E-state index is 12.8. The Morgan fingerprint density at radius 3 is 2.62 bits per heavy atom. The topological polar surface area (TPSA) is 81.9 Å². The largest absolute Gasteiger partial charge is 0.490 e. The van der Waals surface area contributed by atoms with Crippen LogP contribution in [0, 0.1) is 0 Å². The van der Waals surface area contributed by atoms with Gasteiger partial charge in [0.15, 0.2) is 0 Å². The monoisotopic (exact) mass is 332 g/mol. The Labute approximate surface area is 141 Å². The molecule has 24 heavy (non-hydrogen) atoms. The molecule has 6 nitrogen and oxygen atoms in total. The minimum absolute atomic E-state index is 0.163. The Morgan fingerprint density at radius 1 is 1.21 bits per heavy atom. The summed E-state index contributed by atoms with van der Waals surface area (Å²) in [5.74, 6) is -0.0117. The van der Waals surface area contributed by atoms with Crippen molar-refractivity contribution < 1.29 is 19.1 Å². The molecule has 0 radical (unpaired) electrons. The minimum Gasteiger partial charge on any atom is -0.490 e. The second kappa shape index (κ2) is 7.21. The lowest BCUT2D eigenvalue weighted by Crippen LogP contribution is -2.43. The molecule has 2 aliphatic rings. The Bertz CT molecular complexity index is 613. The normalized spacial score (nSPS) is 24.3. The Morgan fingerprint density at radius 2 is 1.96 bits per heavy atom. The summed E-state index contributed by atoms with van der Waals surface area (Å²) >= 11 is 0. The van der Waals surface area contributed by atoms with Gasteiger partial charge in [0.2, 0.25) is 5.91 Å². The van der Waals surface area contributed by atoms with Gasteiger partial charge in [0.25, 0.3) is 5.91 Å². The van der Waals surface area contributed by atoms with Crippen molar-refractivity contribution in [2.75, 3.05) is 13.7 Å². The van der Waals surface area contributed by atoms with E-state index < -0.39 is 11.9 Å². The molecule has 2 atom stereocenters. The molecule has 130 valence electrons. The Hall–Kier alpha value is -2.08. The number of amides is 2. The molecule has 1 aliphatic carbocycles. The highest BCUT2D eigenvalue weighted by atomic mass is 16.5. The molecule has 3 rings (SSSR count). The van der Waals surface area contributed by atoms with Crippen LogP contribution in [0.15, 0.2) is 24.3 Å². The molecule has 0 unspecified atom stereocenters. The van der Waals surface area contributed by atoms with Gasteiger partial charge in [0.1, 0.15) is 11.8 Å². The fraction of sp³-hybridized carbons (Fsp3) is 0.556. The molecule has 2 N–H and O–H groups in total. The summed E-state index contributed by atoms with van der Waals surface area (Å²) in [6.07, 6.45) is 5.01. The van der Waals surface area contributed by atoms with Crippen LogP contribution in [0.1, 0.15) is 42.5 Å². The number of likely N-dealkylation sites (tertiary alicyclic amines) is 1. The number of rotatable bonds is 5. The molecule has 0 aromatic heterocycles. The van der Waals surface area contributed by atoms with Crippen molar-refractivity contribution in [2.24, 2.45) is 5.73 Å². The average Bonchev–Trinajstić information content (AvgIpc) is 3.23. The maximum atomic E-state index is 12.8. The second-order valence-electron chi connectivity index (χ2n) is 6.52. The van der Waals surface area contributed by atoms with Gasteiger partial charge in [-0.15, -0.1) is 0 Å². The molecular weight excluding hydrogens is 308 g/mol. The molecular formula is C18H24N2O4. The van der Waals surface area contributed by atoms with E-state index in [4.69, 9.17) is 15.2 Å². The predicted molar refractivity (Wildman–Crippen MR) is 88.8 cm³/mol. The van der Waals surface area contributed by atoms with Gasteiger partial charge in [-0.25, -0.2) is 0 Å². The summed E-state index contributed by atoms with van der Waals surface area (Å²) in [5, 5.41) is 0. The summed E-state index contributed by atoms with van der Waals surface area (Å²) < 4.78 is 11.3. The van der Waals surface area contributed by atoms with Crippen LogP contribution in [0.3, 0.4) is 0 Å². The van der Waals surface area contributed by atoms with Crippen molar-refractivity contribution in [3.63, 3.8) is 0 Å². The number of carbonyl (C=O) groups excluding carboxylic acids is 2. The van der Waals surface area contributed by atoms with E-state index in [2.05, 4.69) is 0 Å². The van der Waals surface area contributed by atoms with E-state index in [1.807, 2.05) is 6.07 Å².